The van der Waals surface area contributed by atoms with E-state index in [0.29, 0.717) is 33.3 Å². The topological polar surface area (TPSA) is 383 Å². The summed E-state index contributed by atoms with van der Waals surface area (Å²) in [6, 6.07) is 11.7. The number of carbonyl (C=O) groups is 10. The van der Waals surface area contributed by atoms with Crippen molar-refractivity contribution in [1.82, 2.24) is 42.2 Å². The van der Waals surface area contributed by atoms with Crippen LogP contribution in [-0.2, 0) is 67.2 Å². The van der Waals surface area contributed by atoms with Gasteiger partial charge in [0.2, 0.25) is 47.3 Å². The van der Waals surface area contributed by atoms with Crippen LogP contribution in [0.15, 0.2) is 85.1 Å². The molecule has 1 heterocycles. The van der Waals surface area contributed by atoms with E-state index < -0.39 is 114 Å². The smallest absolute Gasteiger partial charge is 0.326 e. The Balaban J connectivity index is 1.51. The maximum atomic E-state index is 14.3. The molecule has 23 nitrogen and oxygen atoms in total. The fourth-order valence-corrected chi connectivity index (χ4v) is 8.55. The summed E-state index contributed by atoms with van der Waals surface area (Å²) in [6.45, 7) is -0.762. The molecule has 404 valence electrons. The average molecular weight is 1080 g/mol. The molecule has 0 aliphatic heterocycles. The molecule has 3 aromatic carbocycles. The maximum Gasteiger partial charge on any atom is 0.326 e. The van der Waals surface area contributed by atoms with E-state index in [-0.39, 0.29) is 56.4 Å². The molecule has 0 saturated carbocycles. The summed E-state index contributed by atoms with van der Waals surface area (Å²) >= 11 is 2.70. The van der Waals surface area contributed by atoms with Gasteiger partial charge in [-0.15, -0.1) is 0 Å². The van der Waals surface area contributed by atoms with Gasteiger partial charge in [-0.3, -0.25) is 43.2 Å². The third-order valence-electron chi connectivity index (χ3n) is 11.6. The first-order chi connectivity index (χ1) is 35.8. The molecule has 8 amide bonds. The predicted octanol–water partition coefficient (Wildman–Crippen LogP) is -0.415. The Morgan fingerprint density at radius 2 is 1.09 bits per heavy atom. The van der Waals surface area contributed by atoms with Crippen molar-refractivity contribution in [1.29, 1.82) is 0 Å². The number of aromatic hydroxyl groups is 1. The second kappa shape index (κ2) is 30.5. The van der Waals surface area contributed by atoms with Gasteiger partial charge in [-0.25, -0.2) is 4.79 Å². The molecule has 25 heteroatoms. The normalized spacial score (nSPS) is 13.8. The van der Waals surface area contributed by atoms with E-state index in [1.54, 1.807) is 85.4 Å². The molecule has 0 saturated heterocycles. The summed E-state index contributed by atoms with van der Waals surface area (Å²) in [4.78, 5) is 135. The number of H-pyrrole nitrogens is 1. The van der Waals surface area contributed by atoms with Crippen LogP contribution >= 0.6 is 23.5 Å². The van der Waals surface area contributed by atoms with E-state index in [1.165, 1.54) is 35.7 Å². The Bertz CT molecular complexity index is 2620. The molecule has 7 atom stereocenters. The Morgan fingerprint density at radius 1 is 0.573 bits per heavy atom. The van der Waals surface area contributed by atoms with Crippen LogP contribution in [0.5, 0.6) is 5.75 Å². The number of hydrogen-bond donors (Lipinski definition) is 13. The largest absolute Gasteiger partial charge is 0.508 e. The quantitative estimate of drug-likeness (QED) is 0.0296. The minimum atomic E-state index is -1.77. The summed E-state index contributed by atoms with van der Waals surface area (Å²) in [5.41, 5.74) is 14.0. The molecule has 0 radical (unpaired) electrons. The number of carboxylic acids is 2. The van der Waals surface area contributed by atoms with Crippen LogP contribution in [0.1, 0.15) is 48.8 Å². The molecule has 4 rings (SSSR count). The summed E-state index contributed by atoms with van der Waals surface area (Å²) < 4.78 is 0. The van der Waals surface area contributed by atoms with Crippen LogP contribution in [0, 0.1) is 0 Å². The van der Waals surface area contributed by atoms with E-state index in [4.69, 9.17) is 11.5 Å². The third-order valence-corrected chi connectivity index (χ3v) is 12.9. The average Bonchev–Trinajstić information content (AvgIpc) is 3.79. The van der Waals surface area contributed by atoms with E-state index in [2.05, 4.69) is 42.2 Å². The molecule has 0 aliphatic carbocycles. The zero-order valence-corrected chi connectivity index (χ0v) is 42.9. The molecule has 4 aromatic rings. The maximum absolute atomic E-state index is 14.3. The van der Waals surface area contributed by atoms with Crippen molar-refractivity contribution in [2.45, 2.75) is 93.7 Å². The number of benzene rings is 3. The van der Waals surface area contributed by atoms with Crippen molar-refractivity contribution < 1.29 is 63.3 Å². The number of phenols is 1. The zero-order chi connectivity index (χ0) is 55.0. The van der Waals surface area contributed by atoms with Gasteiger partial charge in [-0.05, 0) is 84.6 Å². The number of fused-ring (bicyclic) bond motifs is 1. The summed E-state index contributed by atoms with van der Waals surface area (Å²) in [5, 5.41) is 47.3. The lowest BCUT2D eigenvalue weighted by molar-refractivity contribution is -0.143. The van der Waals surface area contributed by atoms with Crippen molar-refractivity contribution in [2.24, 2.45) is 11.5 Å². The number of amides is 8. The number of rotatable bonds is 32. The highest BCUT2D eigenvalue weighted by molar-refractivity contribution is 7.98. The summed E-state index contributed by atoms with van der Waals surface area (Å²) in [6.07, 6.45) is 3.39. The van der Waals surface area contributed by atoms with Gasteiger partial charge in [0.1, 0.15) is 42.0 Å². The minimum absolute atomic E-state index is 0.0256. The van der Waals surface area contributed by atoms with Crippen molar-refractivity contribution in [3.8, 4) is 5.75 Å². The second-order valence-electron chi connectivity index (χ2n) is 17.4. The van der Waals surface area contributed by atoms with Gasteiger partial charge < -0.3 is 69.0 Å². The number of para-hydroxylation sites is 1. The number of phenolic OH excluding ortho intramolecular Hbond substituents is 1. The first-order valence-corrected chi connectivity index (χ1v) is 26.5. The Kier molecular flexibility index (Phi) is 24.4. The van der Waals surface area contributed by atoms with Gasteiger partial charge in [0, 0.05) is 36.4 Å². The Hall–Kier alpha value is -7.64. The number of aromatic amines is 1. The monoisotopic (exact) mass is 1080 g/mol. The van der Waals surface area contributed by atoms with Crippen LogP contribution in [0.25, 0.3) is 10.9 Å². The van der Waals surface area contributed by atoms with E-state index in [9.17, 15) is 63.3 Å². The standard InChI is InChI=1S/C50H64N10O13S2/c1-74-20-18-36(56-44(66)33(51)22-29-12-14-31(61)15-13-29)46(68)57-35(16-17-41(52)62)45(67)54-27-42(63)55-38(24-30-26-53-34-11-7-6-10-32(30)34)48(70)58-37(19-21-75-2)47(69)59-39(25-43(64)65)49(71)60-40(50(72)73)23-28-8-4-3-5-9-28/h3-15,26,33,35-40,53,61H,16-25,27,51H2,1-2H3,(H2,52,62)(H,54,67)(H,55,63)(H,56,66)(H,57,68)(H,58,70)(H,59,69)(H,60,71)(H,64,65)(H,72,73)/t33-,35-,36-,37-,38-,39-,40-/m0/s1. The van der Waals surface area contributed by atoms with Crippen molar-refractivity contribution in [3.05, 3.63) is 102 Å². The predicted molar refractivity (Wildman–Crippen MR) is 281 cm³/mol. The first kappa shape index (κ1) is 59.9. The summed E-state index contributed by atoms with van der Waals surface area (Å²) in [7, 11) is 0. The number of aliphatic carboxylic acids is 2. The molecule has 0 unspecified atom stereocenters. The number of primary amides is 1. The summed E-state index contributed by atoms with van der Waals surface area (Å²) in [5.74, 6) is -9.22. The molecule has 0 bridgehead atoms. The number of carboxylic acid groups (broad SMARTS) is 2. The molecular formula is C50H64N10O13S2. The number of nitrogens with one attached hydrogen (secondary N) is 8. The lowest BCUT2D eigenvalue weighted by Crippen LogP contribution is -2.59. The van der Waals surface area contributed by atoms with Gasteiger partial charge in [-0.1, -0.05) is 60.7 Å². The van der Waals surface area contributed by atoms with Gasteiger partial charge in [0.05, 0.1) is 19.0 Å². The van der Waals surface area contributed by atoms with Crippen molar-refractivity contribution in [3.63, 3.8) is 0 Å². The number of carbonyl (C=O) groups excluding carboxylic acids is 8. The van der Waals surface area contributed by atoms with Crippen LogP contribution < -0.4 is 48.7 Å². The first-order valence-electron chi connectivity index (χ1n) is 23.7. The Labute approximate surface area is 440 Å². The highest BCUT2D eigenvalue weighted by Gasteiger charge is 2.34. The SMILES string of the molecule is CSCC[C@H](NC(=O)[C@H](Cc1c[nH]c2ccccc12)NC(=O)CNC(=O)[C@H](CCC(N)=O)NC(=O)[C@H](CCSC)NC(=O)[C@@H](N)Cc1ccc(O)cc1)C(=O)N[C@@H](CC(=O)O)C(=O)N[C@@H](Cc1ccccc1)C(=O)O. The fraction of sp³-hybridized carbons (Fsp3) is 0.400. The molecule has 75 heavy (non-hydrogen) atoms. The van der Waals surface area contributed by atoms with Gasteiger partial charge in [0.15, 0.2) is 0 Å². The van der Waals surface area contributed by atoms with Crippen LogP contribution in [0.2, 0.25) is 0 Å². The molecule has 1 aromatic heterocycles. The number of hydrogen-bond acceptors (Lipinski definition) is 14. The number of nitrogens with two attached hydrogens (primary N) is 2. The molecule has 0 spiro atoms. The van der Waals surface area contributed by atoms with Crippen LogP contribution in [-0.4, -0.2) is 152 Å². The van der Waals surface area contributed by atoms with Crippen LogP contribution in [0.4, 0.5) is 0 Å². The molecular weight excluding hydrogens is 1010 g/mol. The van der Waals surface area contributed by atoms with E-state index >= 15 is 0 Å². The van der Waals surface area contributed by atoms with E-state index in [0.717, 1.165) is 0 Å². The van der Waals surface area contributed by atoms with Gasteiger partial charge >= 0.3 is 11.9 Å². The molecule has 0 aliphatic rings. The lowest BCUT2D eigenvalue weighted by Gasteiger charge is -2.26. The number of thioether (sulfide) groups is 2. The second-order valence-corrected chi connectivity index (χ2v) is 19.3. The van der Waals surface area contributed by atoms with Gasteiger partial charge in [0.25, 0.3) is 0 Å². The van der Waals surface area contributed by atoms with Crippen LogP contribution in [0.3, 0.4) is 0 Å². The van der Waals surface area contributed by atoms with Crippen molar-refractivity contribution >= 4 is 93.6 Å². The minimum Gasteiger partial charge on any atom is -0.508 e. The van der Waals surface area contributed by atoms with Crippen molar-refractivity contribution in [2.75, 3.05) is 30.6 Å². The Morgan fingerprint density at radius 3 is 1.68 bits per heavy atom. The highest BCUT2D eigenvalue weighted by Crippen LogP contribution is 2.20. The lowest BCUT2D eigenvalue weighted by atomic mass is 10.0. The molecule has 0 fully saturated rings. The zero-order valence-electron chi connectivity index (χ0n) is 41.3. The van der Waals surface area contributed by atoms with Gasteiger partial charge in [-0.2, -0.15) is 23.5 Å². The number of aromatic nitrogens is 1. The third kappa shape index (κ3) is 20.3. The fourth-order valence-electron chi connectivity index (χ4n) is 7.61. The molecule has 15 N–H and O–H groups in total. The van der Waals surface area contributed by atoms with E-state index in [1.807, 2.05) is 0 Å². The highest BCUT2D eigenvalue weighted by atomic mass is 32.2.